The number of H-pyrrole nitrogens is 1. The van der Waals surface area contributed by atoms with Crippen LogP contribution < -0.4 is 4.90 Å². The second-order valence-electron chi connectivity index (χ2n) is 9.36. The summed E-state index contributed by atoms with van der Waals surface area (Å²) in [7, 11) is 0. The van der Waals surface area contributed by atoms with Crippen LogP contribution in [0.4, 0.5) is 32.3 Å². The van der Waals surface area contributed by atoms with Crippen LogP contribution in [0.25, 0.3) is 11.3 Å². The Labute approximate surface area is 217 Å². The molecule has 0 radical (unpaired) electrons. The maximum atomic E-state index is 13.6. The summed E-state index contributed by atoms with van der Waals surface area (Å²) >= 11 is 0. The number of aromatic amines is 1. The first-order valence-electron chi connectivity index (χ1n) is 12.0. The number of hydrazone groups is 1. The standard InChI is InChI=1S/C26H20F6N6O/c27-25(28,29)17-5-6-19(20(9-17)26(30,31)32)21-10-18(39-36-21)13-38-14-23-22(11-33-38)34-24(35-23)37-8-7-15-3-1-2-4-16(15)12-37/h1-6,9-11H,7-8,12-14H2,(H,34,35). The number of aromatic nitrogens is 3. The quantitative estimate of drug-likeness (QED) is 0.317. The monoisotopic (exact) mass is 546 g/mol. The summed E-state index contributed by atoms with van der Waals surface area (Å²) in [6, 6.07) is 11.0. The van der Waals surface area contributed by atoms with Gasteiger partial charge in [0, 0.05) is 24.7 Å². The fourth-order valence-corrected chi connectivity index (χ4v) is 4.78. The van der Waals surface area contributed by atoms with Crippen molar-refractivity contribution >= 4 is 12.2 Å². The Morgan fingerprint density at radius 2 is 1.72 bits per heavy atom. The van der Waals surface area contributed by atoms with Crippen molar-refractivity contribution in [3.63, 3.8) is 0 Å². The summed E-state index contributed by atoms with van der Waals surface area (Å²) in [6.07, 6.45) is -7.41. The third-order valence-electron chi connectivity index (χ3n) is 6.74. The van der Waals surface area contributed by atoms with E-state index in [0.717, 1.165) is 42.9 Å². The van der Waals surface area contributed by atoms with E-state index in [1.54, 1.807) is 11.2 Å². The van der Waals surface area contributed by atoms with Gasteiger partial charge in [-0.1, -0.05) is 35.5 Å². The summed E-state index contributed by atoms with van der Waals surface area (Å²) in [5, 5.41) is 9.66. The van der Waals surface area contributed by atoms with Crippen LogP contribution in [0.3, 0.4) is 0 Å². The van der Waals surface area contributed by atoms with Gasteiger partial charge in [-0.25, -0.2) is 4.98 Å². The average molecular weight is 546 g/mol. The zero-order chi connectivity index (χ0) is 27.4. The molecule has 0 unspecified atom stereocenters. The number of hydrogen-bond acceptors (Lipinski definition) is 6. The van der Waals surface area contributed by atoms with Gasteiger partial charge >= 0.3 is 12.4 Å². The number of halogens is 6. The topological polar surface area (TPSA) is 73.6 Å². The van der Waals surface area contributed by atoms with Crippen LogP contribution in [0.1, 0.15) is 39.4 Å². The minimum atomic E-state index is -5.02. The summed E-state index contributed by atoms with van der Waals surface area (Å²) in [6.45, 7) is 1.93. The Hall–Kier alpha value is -4.29. The maximum Gasteiger partial charge on any atom is 0.417 e. The molecule has 0 saturated heterocycles. The highest BCUT2D eigenvalue weighted by atomic mass is 19.4. The lowest BCUT2D eigenvalue weighted by Crippen LogP contribution is -2.31. The number of fused-ring (bicyclic) bond motifs is 2. The van der Waals surface area contributed by atoms with Crippen LogP contribution in [-0.2, 0) is 38.4 Å². The van der Waals surface area contributed by atoms with Gasteiger partial charge in [-0.3, -0.25) is 5.01 Å². The van der Waals surface area contributed by atoms with Gasteiger partial charge in [0.25, 0.3) is 0 Å². The van der Waals surface area contributed by atoms with Gasteiger partial charge in [0.2, 0.25) is 5.95 Å². The Balaban J connectivity index is 1.17. The predicted molar refractivity (Wildman–Crippen MR) is 129 cm³/mol. The molecule has 0 fully saturated rings. The average Bonchev–Trinajstić information content (AvgIpc) is 3.54. The molecule has 2 aromatic carbocycles. The van der Waals surface area contributed by atoms with Crippen LogP contribution in [0.5, 0.6) is 0 Å². The van der Waals surface area contributed by atoms with Crippen LogP contribution in [0.2, 0.25) is 0 Å². The number of imidazole rings is 1. The molecule has 2 aliphatic rings. The molecule has 13 heteroatoms. The zero-order valence-electron chi connectivity index (χ0n) is 20.1. The lowest BCUT2D eigenvalue weighted by Gasteiger charge is -2.28. The first kappa shape index (κ1) is 25.0. The molecule has 6 rings (SSSR count). The molecule has 2 aromatic heterocycles. The predicted octanol–water partition coefficient (Wildman–Crippen LogP) is 6.01. The van der Waals surface area contributed by atoms with Crippen molar-refractivity contribution in [2.75, 3.05) is 11.4 Å². The molecule has 7 nitrogen and oxygen atoms in total. The van der Waals surface area contributed by atoms with Crippen molar-refractivity contribution in [1.82, 2.24) is 20.1 Å². The van der Waals surface area contributed by atoms with Crippen LogP contribution in [-0.4, -0.2) is 32.9 Å². The van der Waals surface area contributed by atoms with E-state index in [-0.39, 0.29) is 24.1 Å². The molecule has 0 atom stereocenters. The van der Waals surface area contributed by atoms with Crippen molar-refractivity contribution in [3.05, 3.63) is 87.9 Å². The second-order valence-corrected chi connectivity index (χ2v) is 9.36. The van der Waals surface area contributed by atoms with Gasteiger partial charge in [-0.05, 0) is 29.7 Å². The van der Waals surface area contributed by atoms with Gasteiger partial charge in [0.15, 0.2) is 5.76 Å². The van der Waals surface area contributed by atoms with E-state index >= 15 is 0 Å². The van der Waals surface area contributed by atoms with E-state index in [4.69, 9.17) is 9.51 Å². The van der Waals surface area contributed by atoms with Crippen LogP contribution in [0, 0.1) is 0 Å². The van der Waals surface area contributed by atoms with E-state index in [1.807, 2.05) is 12.1 Å². The summed E-state index contributed by atoms with van der Waals surface area (Å²) in [4.78, 5) is 10.2. The van der Waals surface area contributed by atoms with E-state index in [0.29, 0.717) is 12.6 Å². The molecular formula is C26H20F6N6O. The molecule has 0 saturated carbocycles. The number of rotatable bonds is 4. The first-order valence-corrected chi connectivity index (χ1v) is 12.0. The summed E-state index contributed by atoms with van der Waals surface area (Å²) in [5.74, 6) is 0.925. The molecule has 4 heterocycles. The minimum Gasteiger partial charge on any atom is -0.359 e. The largest absolute Gasteiger partial charge is 0.417 e. The third kappa shape index (κ3) is 4.95. The fraction of sp³-hybridized carbons (Fsp3) is 0.269. The van der Waals surface area contributed by atoms with Crippen LogP contribution >= 0.6 is 0 Å². The molecule has 1 N–H and O–H groups in total. The smallest absolute Gasteiger partial charge is 0.359 e. The highest BCUT2D eigenvalue weighted by molar-refractivity contribution is 5.80. The number of alkyl halides is 6. The summed E-state index contributed by atoms with van der Waals surface area (Å²) in [5.41, 5.74) is 0.517. The Morgan fingerprint density at radius 3 is 2.49 bits per heavy atom. The number of hydrogen-bond donors (Lipinski definition) is 1. The SMILES string of the molecule is FC(F)(F)c1ccc(-c2cc(CN3Cc4nc(N5CCc6ccccc6C5)[nH]c4C=N3)on2)c(C(F)(F)F)c1. The van der Waals surface area contributed by atoms with E-state index in [2.05, 4.69) is 32.3 Å². The van der Waals surface area contributed by atoms with Crippen molar-refractivity contribution in [1.29, 1.82) is 0 Å². The second kappa shape index (κ2) is 9.17. The van der Waals surface area contributed by atoms with E-state index in [9.17, 15) is 26.3 Å². The molecule has 4 aromatic rings. The molecule has 0 aliphatic carbocycles. The molecule has 39 heavy (non-hydrogen) atoms. The van der Waals surface area contributed by atoms with Crippen molar-refractivity contribution in [2.45, 2.75) is 38.4 Å². The number of benzene rings is 2. The Kier molecular flexibility index (Phi) is 5.88. The van der Waals surface area contributed by atoms with Crippen molar-refractivity contribution in [2.24, 2.45) is 5.10 Å². The Bertz CT molecular complexity index is 1550. The van der Waals surface area contributed by atoms with Crippen LogP contribution in [0.15, 0.2) is 58.2 Å². The molecule has 0 bridgehead atoms. The third-order valence-corrected chi connectivity index (χ3v) is 6.74. The fourth-order valence-electron chi connectivity index (χ4n) is 4.78. The minimum absolute atomic E-state index is 0.0736. The molecule has 0 amide bonds. The van der Waals surface area contributed by atoms with E-state index in [1.165, 1.54) is 17.2 Å². The van der Waals surface area contributed by atoms with E-state index < -0.39 is 29.0 Å². The normalized spacial score (nSPS) is 15.4. The highest BCUT2D eigenvalue weighted by Crippen LogP contribution is 2.41. The molecule has 2 aliphatic heterocycles. The lowest BCUT2D eigenvalue weighted by atomic mass is 10.0. The lowest BCUT2D eigenvalue weighted by molar-refractivity contribution is -0.142. The molecule has 0 spiro atoms. The number of nitrogens with zero attached hydrogens (tertiary/aromatic N) is 5. The molecule has 202 valence electrons. The van der Waals surface area contributed by atoms with Gasteiger partial charge < -0.3 is 14.4 Å². The van der Waals surface area contributed by atoms with Gasteiger partial charge in [-0.15, -0.1) is 0 Å². The summed E-state index contributed by atoms with van der Waals surface area (Å²) < 4.78 is 84.9. The highest BCUT2D eigenvalue weighted by Gasteiger charge is 2.39. The maximum absolute atomic E-state index is 13.6. The van der Waals surface area contributed by atoms with Gasteiger partial charge in [-0.2, -0.15) is 31.4 Å². The molecular weight excluding hydrogens is 526 g/mol. The van der Waals surface area contributed by atoms with Gasteiger partial charge in [0.1, 0.15) is 5.69 Å². The number of anilines is 1. The van der Waals surface area contributed by atoms with Crippen molar-refractivity contribution < 1.29 is 30.9 Å². The first-order chi connectivity index (χ1) is 18.5. The zero-order valence-corrected chi connectivity index (χ0v) is 20.1. The Morgan fingerprint density at radius 1 is 0.923 bits per heavy atom. The number of nitrogens with one attached hydrogen (secondary N) is 1. The van der Waals surface area contributed by atoms with Crippen molar-refractivity contribution in [3.8, 4) is 11.3 Å². The van der Waals surface area contributed by atoms with Gasteiger partial charge in [0.05, 0.1) is 41.8 Å².